The van der Waals surface area contributed by atoms with E-state index >= 15 is 0 Å². The highest BCUT2D eigenvalue weighted by Crippen LogP contribution is 2.48. The van der Waals surface area contributed by atoms with Crippen molar-refractivity contribution in [2.45, 2.75) is 20.3 Å². The van der Waals surface area contributed by atoms with Crippen molar-refractivity contribution in [3.8, 4) is 0 Å². The highest BCUT2D eigenvalue weighted by atomic mass is 31.2. The number of rotatable bonds is 7. The topological polar surface area (TPSA) is 52.8 Å². The summed E-state index contributed by atoms with van der Waals surface area (Å²) in [5.74, 6) is 0.343. The standard InChI is InChI=1S/C12H17N2O3P/c1-4-16-18(15,17-5-2)9-7-11-6-8-14-12(10-11)13-3/h6,8,10H,4-5,7,9H2,1-2H3. The molecule has 5 nitrogen and oxygen atoms in total. The van der Waals surface area contributed by atoms with Crippen LogP contribution in [0.3, 0.4) is 0 Å². The van der Waals surface area contributed by atoms with Crippen LogP contribution in [-0.2, 0) is 20.0 Å². The Morgan fingerprint density at radius 2 is 2.06 bits per heavy atom. The van der Waals surface area contributed by atoms with Gasteiger partial charge in [0.15, 0.2) is 0 Å². The number of hydrogen-bond acceptors (Lipinski definition) is 4. The second-order valence-electron chi connectivity index (χ2n) is 3.55. The maximum atomic E-state index is 12.2. The largest absolute Gasteiger partial charge is 0.361 e. The second kappa shape index (κ2) is 7.27. The lowest BCUT2D eigenvalue weighted by molar-refractivity contribution is 0.220. The number of aryl methyl sites for hydroxylation is 1. The summed E-state index contributed by atoms with van der Waals surface area (Å²) in [5, 5.41) is 0. The molecule has 98 valence electrons. The number of nitrogens with zero attached hydrogens (tertiary/aromatic N) is 2. The van der Waals surface area contributed by atoms with Gasteiger partial charge in [0.2, 0.25) is 0 Å². The molecule has 0 bridgehead atoms. The summed E-state index contributed by atoms with van der Waals surface area (Å²) >= 11 is 0. The van der Waals surface area contributed by atoms with E-state index in [0.717, 1.165) is 5.56 Å². The second-order valence-corrected chi connectivity index (χ2v) is 5.74. The number of pyridine rings is 1. The van der Waals surface area contributed by atoms with Gasteiger partial charge in [0.25, 0.3) is 5.82 Å². The molecule has 1 aromatic rings. The third-order valence-corrected chi connectivity index (χ3v) is 4.32. The van der Waals surface area contributed by atoms with Crippen molar-refractivity contribution in [3.05, 3.63) is 35.3 Å². The van der Waals surface area contributed by atoms with Crippen molar-refractivity contribution in [3.63, 3.8) is 0 Å². The Labute approximate surface area is 107 Å². The number of hydrogen-bond donors (Lipinski definition) is 0. The van der Waals surface area contributed by atoms with E-state index < -0.39 is 7.60 Å². The van der Waals surface area contributed by atoms with Gasteiger partial charge in [-0.25, -0.2) is 0 Å². The van der Waals surface area contributed by atoms with Gasteiger partial charge in [-0.15, -0.1) is 4.98 Å². The van der Waals surface area contributed by atoms with Crippen LogP contribution in [0.4, 0.5) is 5.82 Å². The maximum absolute atomic E-state index is 12.2. The monoisotopic (exact) mass is 268 g/mol. The average molecular weight is 268 g/mol. The van der Waals surface area contributed by atoms with E-state index in [1.807, 2.05) is 0 Å². The molecule has 1 rings (SSSR count). The van der Waals surface area contributed by atoms with Crippen molar-refractivity contribution in [2.24, 2.45) is 0 Å². The van der Waals surface area contributed by atoms with E-state index in [9.17, 15) is 4.57 Å². The van der Waals surface area contributed by atoms with Crippen LogP contribution in [-0.4, -0.2) is 24.4 Å². The Bertz CT molecular complexity index is 461. The Morgan fingerprint density at radius 3 is 2.61 bits per heavy atom. The Kier molecular flexibility index (Phi) is 6.00. The van der Waals surface area contributed by atoms with E-state index in [1.165, 1.54) is 0 Å². The average Bonchev–Trinajstić information content (AvgIpc) is 2.37. The van der Waals surface area contributed by atoms with E-state index in [0.29, 0.717) is 31.6 Å². The summed E-state index contributed by atoms with van der Waals surface area (Å²) in [6.45, 7) is 11.2. The van der Waals surface area contributed by atoms with Crippen LogP contribution in [0.2, 0.25) is 0 Å². The minimum atomic E-state index is -3.01. The summed E-state index contributed by atoms with van der Waals surface area (Å²) in [6, 6.07) is 3.49. The van der Waals surface area contributed by atoms with Crippen molar-refractivity contribution >= 4 is 13.4 Å². The fraction of sp³-hybridized carbons (Fsp3) is 0.500. The maximum Gasteiger partial charge on any atom is 0.330 e. The molecule has 0 atom stereocenters. The van der Waals surface area contributed by atoms with E-state index in [1.54, 1.807) is 32.2 Å². The van der Waals surface area contributed by atoms with Gasteiger partial charge in [-0.05, 0) is 32.4 Å². The van der Waals surface area contributed by atoms with Crippen molar-refractivity contribution in [1.29, 1.82) is 0 Å². The third kappa shape index (κ3) is 4.58. The SMILES string of the molecule is [C-]#[N+]c1cc(CCP(=O)(OCC)OCC)ccn1. The lowest BCUT2D eigenvalue weighted by Crippen LogP contribution is -2.02. The van der Waals surface area contributed by atoms with Gasteiger partial charge >= 0.3 is 7.60 Å². The molecule has 0 radical (unpaired) electrons. The Balaban J connectivity index is 2.67. The highest BCUT2D eigenvalue weighted by molar-refractivity contribution is 7.53. The van der Waals surface area contributed by atoms with Crippen molar-refractivity contribution in [2.75, 3.05) is 19.4 Å². The smallest absolute Gasteiger partial charge is 0.330 e. The van der Waals surface area contributed by atoms with Gasteiger partial charge in [0.05, 0.1) is 19.4 Å². The summed E-state index contributed by atoms with van der Waals surface area (Å²) in [6.07, 6.45) is 2.44. The normalized spacial score (nSPS) is 11.2. The molecule has 0 aliphatic rings. The molecule has 0 fully saturated rings. The zero-order valence-electron chi connectivity index (χ0n) is 10.6. The lowest BCUT2D eigenvalue weighted by Gasteiger charge is -2.16. The molecule has 18 heavy (non-hydrogen) atoms. The molecule has 1 aromatic heterocycles. The molecular weight excluding hydrogens is 251 g/mol. The van der Waals surface area contributed by atoms with Gasteiger partial charge in [0, 0.05) is 0 Å². The molecule has 0 aliphatic heterocycles. The first-order valence-electron chi connectivity index (χ1n) is 5.84. The van der Waals surface area contributed by atoms with Gasteiger partial charge in [-0.3, -0.25) is 4.57 Å². The van der Waals surface area contributed by atoms with Crippen LogP contribution < -0.4 is 0 Å². The van der Waals surface area contributed by atoms with Gasteiger partial charge in [0.1, 0.15) is 6.20 Å². The van der Waals surface area contributed by atoms with Crippen LogP contribution in [0.15, 0.2) is 18.3 Å². The quantitative estimate of drug-likeness (QED) is 0.561. The molecule has 0 aromatic carbocycles. The minimum Gasteiger partial charge on any atom is -0.361 e. The lowest BCUT2D eigenvalue weighted by atomic mass is 10.2. The molecule has 0 unspecified atom stereocenters. The first-order chi connectivity index (χ1) is 8.63. The summed E-state index contributed by atoms with van der Waals surface area (Å²) < 4.78 is 22.6. The van der Waals surface area contributed by atoms with Gasteiger partial charge in [-0.2, -0.15) is 0 Å². The minimum absolute atomic E-state index is 0.316. The molecule has 0 aliphatic carbocycles. The fourth-order valence-corrected chi connectivity index (χ4v) is 3.15. The van der Waals surface area contributed by atoms with E-state index in [2.05, 4.69) is 9.83 Å². The van der Waals surface area contributed by atoms with Crippen LogP contribution in [0.1, 0.15) is 19.4 Å². The first kappa shape index (κ1) is 14.8. The molecule has 1 heterocycles. The third-order valence-electron chi connectivity index (χ3n) is 2.25. The molecule has 0 spiro atoms. The van der Waals surface area contributed by atoms with Crippen molar-refractivity contribution < 1.29 is 13.6 Å². The molecule has 0 saturated carbocycles. The highest BCUT2D eigenvalue weighted by Gasteiger charge is 2.22. The molecule has 6 heteroatoms. The summed E-state index contributed by atoms with van der Waals surface area (Å²) in [7, 11) is -3.01. The van der Waals surface area contributed by atoms with Crippen molar-refractivity contribution in [1.82, 2.24) is 4.98 Å². The van der Waals surface area contributed by atoms with Crippen LogP contribution in [0, 0.1) is 6.57 Å². The molecular formula is C12H17N2O3P. The Morgan fingerprint density at radius 1 is 1.39 bits per heavy atom. The molecule has 0 amide bonds. The zero-order valence-corrected chi connectivity index (χ0v) is 11.5. The van der Waals surface area contributed by atoms with E-state index in [4.69, 9.17) is 15.6 Å². The van der Waals surface area contributed by atoms with Gasteiger partial charge in [-0.1, -0.05) is 12.1 Å². The Hall–Kier alpha value is -1.21. The summed E-state index contributed by atoms with van der Waals surface area (Å²) in [4.78, 5) is 7.14. The molecule has 0 saturated heterocycles. The zero-order chi connectivity index (χ0) is 13.4. The predicted octanol–water partition coefficient (Wildman–Crippen LogP) is 3.44. The van der Waals surface area contributed by atoms with Crippen LogP contribution in [0.5, 0.6) is 0 Å². The molecule has 0 N–H and O–H groups in total. The van der Waals surface area contributed by atoms with Crippen LogP contribution in [0.25, 0.3) is 4.85 Å². The predicted molar refractivity (Wildman–Crippen MR) is 69.9 cm³/mol. The first-order valence-corrected chi connectivity index (χ1v) is 7.57. The fourth-order valence-electron chi connectivity index (χ4n) is 1.50. The van der Waals surface area contributed by atoms with Gasteiger partial charge < -0.3 is 13.9 Å². The van der Waals surface area contributed by atoms with Crippen LogP contribution >= 0.6 is 7.60 Å². The van der Waals surface area contributed by atoms with E-state index in [-0.39, 0.29) is 0 Å². The number of aromatic nitrogens is 1. The summed E-state index contributed by atoms with van der Waals surface area (Å²) in [5.41, 5.74) is 0.913.